The van der Waals surface area contributed by atoms with Gasteiger partial charge in [0.05, 0.1) is 5.41 Å². The second-order valence-electron chi connectivity index (χ2n) is 9.84. The van der Waals surface area contributed by atoms with Crippen LogP contribution in [0.25, 0.3) is 0 Å². The van der Waals surface area contributed by atoms with Gasteiger partial charge >= 0.3 is 11.9 Å². The van der Waals surface area contributed by atoms with Crippen LogP contribution < -0.4 is 5.48 Å². The fourth-order valence-corrected chi connectivity index (χ4v) is 4.06. The normalized spacial score (nSPS) is 26.7. The summed E-state index contributed by atoms with van der Waals surface area (Å²) in [5, 5.41) is 0. The lowest BCUT2D eigenvalue weighted by Gasteiger charge is -2.43. The third-order valence-electron chi connectivity index (χ3n) is 5.95. The number of hydrogen-bond acceptors (Lipinski definition) is 6. The number of carbonyl (C=O) groups excluding carboxylic acids is 3. The number of Topliss-reactive ketones (excluding diaryl/α,β-unsaturated/α-hetero) is 1. The molecule has 0 aromatic carbocycles. The van der Waals surface area contributed by atoms with E-state index in [1.54, 1.807) is 20.8 Å². The molecule has 0 heterocycles. The van der Waals surface area contributed by atoms with Crippen molar-refractivity contribution in [3.05, 3.63) is 11.1 Å². The molecule has 6 heteroatoms. The zero-order valence-corrected chi connectivity index (χ0v) is 18.3. The molecule has 3 atom stereocenters. The second-order valence-corrected chi connectivity index (χ2v) is 9.84. The first kappa shape index (κ1) is 22.6. The molecule has 0 aromatic heterocycles. The van der Waals surface area contributed by atoms with Crippen LogP contribution in [0.2, 0.25) is 0 Å². The molecular weight excluding hydrogens is 358 g/mol. The summed E-state index contributed by atoms with van der Waals surface area (Å²) in [5.74, 6) is -1.29. The number of fused-ring (bicyclic) bond motifs is 1. The highest BCUT2D eigenvalue weighted by molar-refractivity contribution is 6.01. The highest BCUT2D eigenvalue weighted by Crippen LogP contribution is 2.49. The first-order chi connectivity index (χ1) is 12.9. The molecule has 0 aliphatic heterocycles. The Morgan fingerprint density at radius 3 is 2.43 bits per heavy atom. The molecule has 0 amide bonds. The number of allylic oxidation sites excluding steroid dienone is 1. The fourth-order valence-electron chi connectivity index (χ4n) is 4.06. The Morgan fingerprint density at radius 2 is 1.86 bits per heavy atom. The average Bonchev–Trinajstić information content (AvgIpc) is 2.58. The van der Waals surface area contributed by atoms with Crippen LogP contribution in [0.15, 0.2) is 11.1 Å². The minimum absolute atomic E-state index is 0.0827. The van der Waals surface area contributed by atoms with E-state index in [0.29, 0.717) is 6.42 Å². The van der Waals surface area contributed by atoms with Crippen molar-refractivity contribution in [2.75, 3.05) is 0 Å². The maximum absolute atomic E-state index is 12.8. The molecule has 1 fully saturated rings. The summed E-state index contributed by atoms with van der Waals surface area (Å²) in [7, 11) is 0. The predicted octanol–water partition coefficient (Wildman–Crippen LogP) is 3.89. The molecule has 2 aliphatic rings. The quantitative estimate of drug-likeness (QED) is 0.564. The van der Waals surface area contributed by atoms with Crippen molar-refractivity contribution < 1.29 is 24.0 Å². The van der Waals surface area contributed by atoms with Crippen molar-refractivity contribution in [2.45, 2.75) is 92.7 Å². The van der Waals surface area contributed by atoms with E-state index in [9.17, 15) is 14.4 Å². The summed E-state index contributed by atoms with van der Waals surface area (Å²) in [6.07, 6.45) is 3.95. The number of ether oxygens (including phenoxy) is 1. The van der Waals surface area contributed by atoms with Gasteiger partial charge in [-0.05, 0) is 63.9 Å². The molecule has 6 nitrogen and oxygen atoms in total. The van der Waals surface area contributed by atoms with Gasteiger partial charge in [-0.25, -0.2) is 4.79 Å². The Bertz CT molecular complexity index is 673. The van der Waals surface area contributed by atoms with E-state index in [1.165, 1.54) is 5.57 Å². The monoisotopic (exact) mass is 393 g/mol. The Labute approximate surface area is 168 Å². The van der Waals surface area contributed by atoms with Gasteiger partial charge in [0.2, 0.25) is 0 Å². The number of hydroxylamine groups is 1. The fraction of sp³-hybridized carbons (Fsp3) is 0.773. The summed E-state index contributed by atoms with van der Waals surface area (Å²) >= 11 is 0. The zero-order valence-electron chi connectivity index (χ0n) is 18.3. The Kier molecular flexibility index (Phi) is 6.74. The van der Waals surface area contributed by atoms with Crippen molar-refractivity contribution >= 4 is 17.7 Å². The highest BCUT2D eigenvalue weighted by Gasteiger charge is 2.45. The molecule has 0 saturated heterocycles. The summed E-state index contributed by atoms with van der Waals surface area (Å²) in [6.45, 7) is 12.9. The van der Waals surface area contributed by atoms with Crippen molar-refractivity contribution in [2.24, 2.45) is 16.7 Å². The third kappa shape index (κ3) is 4.83. The highest BCUT2D eigenvalue weighted by atomic mass is 16.7. The van der Waals surface area contributed by atoms with E-state index in [2.05, 4.69) is 12.4 Å². The van der Waals surface area contributed by atoms with Crippen LogP contribution >= 0.6 is 0 Å². The molecule has 2 rings (SSSR count). The van der Waals surface area contributed by atoms with E-state index < -0.39 is 29.5 Å². The van der Waals surface area contributed by atoms with Crippen molar-refractivity contribution in [3.8, 4) is 0 Å². The van der Waals surface area contributed by atoms with Crippen LogP contribution in [-0.4, -0.2) is 29.9 Å². The second kappa shape index (κ2) is 8.36. The molecule has 1 N–H and O–H groups in total. The number of carbonyl (C=O) groups is 3. The lowest BCUT2D eigenvalue weighted by atomic mass is 9.63. The molecule has 2 aliphatic carbocycles. The molecule has 1 unspecified atom stereocenters. The Hall–Kier alpha value is -1.69. The van der Waals surface area contributed by atoms with E-state index in [1.807, 2.05) is 20.8 Å². The van der Waals surface area contributed by atoms with E-state index in [4.69, 9.17) is 9.57 Å². The van der Waals surface area contributed by atoms with Crippen LogP contribution in [0, 0.1) is 16.7 Å². The number of nitrogens with one attached hydrogen (secondary N) is 1. The summed E-state index contributed by atoms with van der Waals surface area (Å²) in [4.78, 5) is 42.7. The van der Waals surface area contributed by atoms with Gasteiger partial charge in [0.25, 0.3) is 0 Å². The van der Waals surface area contributed by atoms with Crippen LogP contribution in [0.4, 0.5) is 0 Å². The van der Waals surface area contributed by atoms with Gasteiger partial charge in [-0.15, -0.1) is 5.48 Å². The smallest absolute Gasteiger partial charge is 0.330 e. The van der Waals surface area contributed by atoms with Gasteiger partial charge in [0.1, 0.15) is 6.04 Å². The van der Waals surface area contributed by atoms with E-state index in [-0.39, 0.29) is 17.1 Å². The lowest BCUT2D eigenvalue weighted by molar-refractivity contribution is -0.172. The largest absolute Gasteiger partial charge is 0.453 e. The van der Waals surface area contributed by atoms with E-state index >= 15 is 0 Å². The first-order valence-electron chi connectivity index (χ1n) is 10.3. The summed E-state index contributed by atoms with van der Waals surface area (Å²) in [6, 6.07) is -0.830. The molecule has 0 aromatic rings. The molecule has 158 valence electrons. The number of esters is 1. The van der Waals surface area contributed by atoms with Gasteiger partial charge < -0.3 is 9.57 Å². The minimum Gasteiger partial charge on any atom is -0.453 e. The summed E-state index contributed by atoms with van der Waals surface area (Å²) < 4.78 is 5.65. The number of rotatable bonds is 5. The SMILES string of the molecule is CC1=C2CCCC[C@@]2(C)C[C@@H](OC(=O)C(NOC(=O)C(C)(C)C)C(C)C)C1=O. The summed E-state index contributed by atoms with van der Waals surface area (Å²) in [5.41, 5.74) is 3.77. The van der Waals surface area contributed by atoms with Gasteiger partial charge in [0, 0.05) is 6.42 Å². The standard InChI is InChI=1S/C22H35NO5/c1-13(2)17(23-28-20(26)21(4,5)6)19(25)27-16-12-22(7)11-9-8-10-15(22)14(3)18(16)24/h13,16-17,23H,8-12H2,1-7H3/t16-,17?,22+/m1/s1. The van der Waals surface area contributed by atoms with Crippen LogP contribution in [0.5, 0.6) is 0 Å². The average molecular weight is 394 g/mol. The van der Waals surface area contributed by atoms with Crippen LogP contribution in [0.3, 0.4) is 0 Å². The zero-order chi connectivity index (χ0) is 21.3. The Morgan fingerprint density at radius 1 is 1.21 bits per heavy atom. The van der Waals surface area contributed by atoms with Gasteiger partial charge in [-0.2, -0.15) is 0 Å². The topological polar surface area (TPSA) is 81.7 Å². The molecule has 0 spiro atoms. The van der Waals surface area contributed by atoms with Gasteiger partial charge in [-0.3, -0.25) is 9.59 Å². The van der Waals surface area contributed by atoms with E-state index in [0.717, 1.165) is 31.3 Å². The van der Waals surface area contributed by atoms with Crippen molar-refractivity contribution in [3.63, 3.8) is 0 Å². The van der Waals surface area contributed by atoms with Crippen LogP contribution in [0.1, 0.15) is 80.6 Å². The van der Waals surface area contributed by atoms with Gasteiger partial charge in [0.15, 0.2) is 11.9 Å². The molecular formula is C22H35NO5. The maximum atomic E-state index is 12.8. The first-order valence-corrected chi connectivity index (χ1v) is 10.3. The Balaban J connectivity index is 2.10. The van der Waals surface area contributed by atoms with Crippen LogP contribution in [-0.2, 0) is 24.0 Å². The maximum Gasteiger partial charge on any atom is 0.330 e. The molecule has 0 radical (unpaired) electrons. The predicted molar refractivity (Wildman–Crippen MR) is 106 cm³/mol. The molecule has 28 heavy (non-hydrogen) atoms. The molecule has 1 saturated carbocycles. The minimum atomic E-state index is -0.830. The van der Waals surface area contributed by atoms with Gasteiger partial charge in [-0.1, -0.05) is 32.8 Å². The lowest BCUT2D eigenvalue weighted by Crippen LogP contribution is -2.48. The van der Waals surface area contributed by atoms with Crippen molar-refractivity contribution in [1.82, 2.24) is 5.48 Å². The third-order valence-corrected chi connectivity index (χ3v) is 5.95. The number of hydrogen-bond donors (Lipinski definition) is 1. The van der Waals surface area contributed by atoms with Crippen molar-refractivity contribution in [1.29, 1.82) is 0 Å². The number of ketones is 1. The molecule has 0 bridgehead atoms.